The Balaban J connectivity index is 2.33. The molecule has 2 aromatic rings. The van der Waals surface area contributed by atoms with E-state index in [4.69, 9.17) is 32.7 Å². The van der Waals surface area contributed by atoms with Crippen LogP contribution in [-0.4, -0.2) is 40.8 Å². The Labute approximate surface area is 186 Å². The molecule has 0 aliphatic rings. The number of hydrogen-bond acceptors (Lipinski definition) is 5. The van der Waals surface area contributed by atoms with Gasteiger partial charge in [-0.1, -0.05) is 23.2 Å². The molecule has 0 saturated heterocycles. The molecule has 0 unspecified atom stereocenters. The number of nitrogens with one attached hydrogen (secondary N) is 1. The highest BCUT2D eigenvalue weighted by molar-refractivity contribution is 7.92. The minimum atomic E-state index is -3.79. The van der Waals surface area contributed by atoms with E-state index in [1.807, 2.05) is 0 Å². The standard InChI is InChI=1S/C20H24Cl2N2O5S/c1-12(16-11-15(28-3)7-9-19(16)29-4)23-20(25)13(2)24(30(5,26)27)14-6-8-17(21)18(22)10-14/h6-13H,1-5H3,(H,23,25)/t12-,13-/m1/s1. The SMILES string of the molecule is COc1ccc(OC)c([C@@H](C)NC(=O)[C@@H](C)N(c2ccc(Cl)c(Cl)c2)S(C)(=O)=O)c1. The van der Waals surface area contributed by atoms with Gasteiger partial charge in [0.2, 0.25) is 15.9 Å². The number of nitrogens with zero attached hydrogens (tertiary/aromatic N) is 1. The fourth-order valence-corrected chi connectivity index (χ4v) is 4.48. The molecule has 0 spiro atoms. The van der Waals surface area contributed by atoms with E-state index in [1.54, 1.807) is 25.1 Å². The van der Waals surface area contributed by atoms with Gasteiger partial charge in [-0.2, -0.15) is 0 Å². The van der Waals surface area contributed by atoms with Gasteiger partial charge in [0.05, 0.1) is 42.2 Å². The van der Waals surface area contributed by atoms with Crippen LogP contribution in [0.15, 0.2) is 36.4 Å². The van der Waals surface area contributed by atoms with Gasteiger partial charge in [0.25, 0.3) is 0 Å². The highest BCUT2D eigenvalue weighted by Gasteiger charge is 2.30. The summed E-state index contributed by atoms with van der Waals surface area (Å²) in [5.74, 6) is 0.679. The molecule has 0 radical (unpaired) electrons. The largest absolute Gasteiger partial charge is 0.497 e. The Morgan fingerprint density at radius 3 is 2.23 bits per heavy atom. The molecule has 30 heavy (non-hydrogen) atoms. The number of hydrogen-bond donors (Lipinski definition) is 1. The molecule has 0 bridgehead atoms. The Morgan fingerprint density at radius 1 is 1.03 bits per heavy atom. The molecule has 2 atom stereocenters. The number of rotatable bonds is 8. The van der Waals surface area contributed by atoms with E-state index in [2.05, 4.69) is 5.32 Å². The number of amides is 1. The fraction of sp³-hybridized carbons (Fsp3) is 0.350. The summed E-state index contributed by atoms with van der Waals surface area (Å²) >= 11 is 12.0. The van der Waals surface area contributed by atoms with Gasteiger partial charge in [-0.05, 0) is 50.2 Å². The van der Waals surface area contributed by atoms with Crippen LogP contribution in [0.1, 0.15) is 25.5 Å². The zero-order valence-electron chi connectivity index (χ0n) is 17.3. The molecule has 2 rings (SSSR count). The second-order valence-electron chi connectivity index (χ2n) is 6.67. The average Bonchev–Trinajstić information content (AvgIpc) is 2.68. The number of ether oxygens (including phenoxy) is 2. The third kappa shape index (κ3) is 5.50. The van der Waals surface area contributed by atoms with Crippen molar-refractivity contribution in [3.05, 3.63) is 52.0 Å². The quantitative estimate of drug-likeness (QED) is 0.623. The summed E-state index contributed by atoms with van der Waals surface area (Å²) in [6, 6.07) is 8.09. The van der Waals surface area contributed by atoms with Crippen LogP contribution >= 0.6 is 23.2 Å². The minimum Gasteiger partial charge on any atom is -0.497 e. The minimum absolute atomic E-state index is 0.185. The molecule has 0 aromatic heterocycles. The van der Waals surface area contributed by atoms with Gasteiger partial charge >= 0.3 is 0 Å². The smallest absolute Gasteiger partial charge is 0.244 e. The monoisotopic (exact) mass is 474 g/mol. The molecule has 164 valence electrons. The van der Waals surface area contributed by atoms with Crippen molar-refractivity contribution in [2.45, 2.75) is 25.9 Å². The molecule has 0 fully saturated rings. The van der Waals surface area contributed by atoms with Crippen molar-refractivity contribution >= 4 is 44.8 Å². The maximum Gasteiger partial charge on any atom is 0.244 e. The van der Waals surface area contributed by atoms with Crippen LogP contribution in [-0.2, 0) is 14.8 Å². The summed E-state index contributed by atoms with van der Waals surface area (Å²) in [4.78, 5) is 12.9. The fourth-order valence-electron chi connectivity index (χ4n) is 3.02. The van der Waals surface area contributed by atoms with E-state index in [0.29, 0.717) is 17.1 Å². The molecule has 10 heteroatoms. The van der Waals surface area contributed by atoms with E-state index in [0.717, 1.165) is 10.6 Å². The Bertz CT molecular complexity index is 1030. The van der Waals surface area contributed by atoms with Gasteiger partial charge in [0.15, 0.2) is 0 Å². The van der Waals surface area contributed by atoms with Crippen LogP contribution < -0.4 is 19.1 Å². The molecular weight excluding hydrogens is 451 g/mol. The third-order valence-electron chi connectivity index (χ3n) is 4.51. The predicted molar refractivity (Wildman–Crippen MR) is 119 cm³/mol. The van der Waals surface area contributed by atoms with Gasteiger partial charge < -0.3 is 14.8 Å². The van der Waals surface area contributed by atoms with Crippen molar-refractivity contribution in [1.29, 1.82) is 0 Å². The average molecular weight is 475 g/mol. The lowest BCUT2D eigenvalue weighted by atomic mass is 10.1. The number of carbonyl (C=O) groups excluding carboxylic acids is 1. The maximum atomic E-state index is 12.9. The molecule has 1 amide bonds. The van der Waals surface area contributed by atoms with Crippen molar-refractivity contribution in [2.75, 3.05) is 24.8 Å². The van der Waals surface area contributed by atoms with Crippen molar-refractivity contribution in [3.63, 3.8) is 0 Å². The normalized spacial score (nSPS) is 13.3. The molecule has 2 aromatic carbocycles. The second-order valence-corrected chi connectivity index (χ2v) is 9.35. The summed E-state index contributed by atoms with van der Waals surface area (Å²) in [5, 5.41) is 3.30. The molecular formula is C20H24Cl2N2O5S. The Morgan fingerprint density at radius 2 is 1.70 bits per heavy atom. The molecule has 0 aliphatic heterocycles. The second kappa shape index (κ2) is 9.76. The molecule has 0 saturated carbocycles. The van der Waals surface area contributed by atoms with Crippen LogP contribution in [0.3, 0.4) is 0 Å². The first-order valence-corrected chi connectivity index (χ1v) is 11.6. The predicted octanol–water partition coefficient (Wildman–Crippen LogP) is 4.04. The van der Waals surface area contributed by atoms with E-state index >= 15 is 0 Å². The number of sulfonamides is 1. The summed E-state index contributed by atoms with van der Waals surface area (Å²) in [6.07, 6.45) is 1.02. The van der Waals surface area contributed by atoms with Crippen molar-refractivity contribution in [3.8, 4) is 11.5 Å². The van der Waals surface area contributed by atoms with Crippen LogP contribution in [0.2, 0.25) is 10.0 Å². The zero-order valence-corrected chi connectivity index (χ0v) is 19.6. The van der Waals surface area contributed by atoms with Crippen LogP contribution in [0.5, 0.6) is 11.5 Å². The summed E-state index contributed by atoms with van der Waals surface area (Å²) in [5.41, 5.74) is 0.930. The number of methoxy groups -OCH3 is 2. The lowest BCUT2D eigenvalue weighted by Gasteiger charge is -2.29. The highest BCUT2D eigenvalue weighted by Crippen LogP contribution is 2.31. The van der Waals surface area contributed by atoms with Crippen molar-refractivity contribution in [1.82, 2.24) is 5.32 Å². The third-order valence-corrected chi connectivity index (χ3v) is 6.49. The molecule has 0 heterocycles. The molecule has 7 nitrogen and oxygen atoms in total. The lowest BCUT2D eigenvalue weighted by molar-refractivity contribution is -0.122. The van der Waals surface area contributed by atoms with Crippen LogP contribution in [0.25, 0.3) is 0 Å². The van der Waals surface area contributed by atoms with E-state index in [1.165, 1.54) is 39.3 Å². The first-order valence-electron chi connectivity index (χ1n) is 8.96. The van der Waals surface area contributed by atoms with E-state index in [9.17, 15) is 13.2 Å². The molecule has 1 N–H and O–H groups in total. The zero-order chi connectivity index (χ0) is 22.6. The topological polar surface area (TPSA) is 84.9 Å². The van der Waals surface area contributed by atoms with E-state index < -0.39 is 28.0 Å². The van der Waals surface area contributed by atoms with Gasteiger partial charge in [-0.15, -0.1) is 0 Å². The Kier molecular flexibility index (Phi) is 7.85. The van der Waals surface area contributed by atoms with Crippen LogP contribution in [0.4, 0.5) is 5.69 Å². The summed E-state index contributed by atoms with van der Waals surface area (Å²) in [7, 11) is -0.724. The van der Waals surface area contributed by atoms with Crippen molar-refractivity contribution in [2.24, 2.45) is 0 Å². The number of carbonyl (C=O) groups is 1. The number of anilines is 1. The molecule has 0 aliphatic carbocycles. The Hall–Kier alpha value is -2.16. The van der Waals surface area contributed by atoms with Gasteiger partial charge in [-0.25, -0.2) is 8.42 Å². The van der Waals surface area contributed by atoms with Crippen molar-refractivity contribution < 1.29 is 22.7 Å². The maximum absolute atomic E-state index is 12.9. The van der Waals surface area contributed by atoms with Gasteiger partial charge in [0, 0.05) is 5.56 Å². The first kappa shape index (κ1) is 24.1. The highest BCUT2D eigenvalue weighted by atomic mass is 35.5. The number of benzene rings is 2. The van der Waals surface area contributed by atoms with Gasteiger partial charge in [-0.3, -0.25) is 9.10 Å². The summed E-state index contributed by atoms with van der Waals surface area (Å²) in [6.45, 7) is 3.26. The van der Waals surface area contributed by atoms with Gasteiger partial charge in [0.1, 0.15) is 17.5 Å². The lowest BCUT2D eigenvalue weighted by Crippen LogP contribution is -2.48. The number of halogens is 2. The summed E-state index contributed by atoms with van der Waals surface area (Å²) < 4.78 is 36.5. The first-order chi connectivity index (χ1) is 14.0. The van der Waals surface area contributed by atoms with E-state index in [-0.39, 0.29) is 15.7 Å². The van der Waals surface area contributed by atoms with Crippen LogP contribution in [0, 0.1) is 0 Å².